The lowest BCUT2D eigenvalue weighted by molar-refractivity contribution is 0.454. The number of para-hydroxylation sites is 1. The Morgan fingerprint density at radius 2 is 1.35 bits per heavy atom. The largest absolute Gasteiger partial charge is 0.569 e. The summed E-state index contributed by atoms with van der Waals surface area (Å²) in [5.41, 5.74) is 8.34. The Kier molecular flexibility index (Phi) is 4.80. The van der Waals surface area contributed by atoms with Gasteiger partial charge in [0.1, 0.15) is 5.75 Å². The van der Waals surface area contributed by atoms with Crippen LogP contribution in [-0.2, 0) is 5.41 Å². The van der Waals surface area contributed by atoms with Crippen molar-refractivity contribution in [2.24, 2.45) is 0 Å². The number of hydrogen-bond acceptors (Lipinski definition) is 3. The van der Waals surface area contributed by atoms with Crippen LogP contribution in [0.1, 0.15) is 25.0 Å². The van der Waals surface area contributed by atoms with Gasteiger partial charge in [0.05, 0.1) is 0 Å². The Bertz CT molecular complexity index is 1240. The Hall–Kier alpha value is -3.50. The van der Waals surface area contributed by atoms with Crippen molar-refractivity contribution in [2.75, 3.05) is 4.90 Å². The molecule has 0 aromatic heterocycles. The lowest BCUT2D eigenvalue weighted by atomic mass is 9.82. The van der Waals surface area contributed by atoms with Gasteiger partial charge in [-0.05, 0) is 58.7 Å². The molecule has 0 bridgehead atoms. The standard InChI is InChI=1S/C27H23BNO2/c1-27(2)25-14-7-6-13-23(25)24-18-21(15-16-26(24)27)29(19-9-4-3-5-10-19)20-11-8-12-22(17-20)31-28-30/h3-18,30H,1-2H3. The molecule has 0 atom stereocenters. The van der Waals surface area contributed by atoms with Gasteiger partial charge in [0.15, 0.2) is 0 Å². The van der Waals surface area contributed by atoms with Crippen molar-refractivity contribution in [3.63, 3.8) is 0 Å². The smallest absolute Gasteiger partial charge is 0.537 e. The molecule has 4 aromatic rings. The van der Waals surface area contributed by atoms with E-state index in [1.807, 2.05) is 42.5 Å². The predicted molar refractivity (Wildman–Crippen MR) is 127 cm³/mol. The van der Waals surface area contributed by atoms with Crippen LogP contribution in [0.15, 0.2) is 97.1 Å². The van der Waals surface area contributed by atoms with Crippen molar-refractivity contribution in [3.8, 4) is 16.9 Å². The molecule has 1 radical (unpaired) electrons. The molecule has 4 aromatic carbocycles. The second-order valence-electron chi connectivity index (χ2n) is 8.29. The molecule has 151 valence electrons. The number of nitrogens with zero attached hydrogens (tertiary/aromatic N) is 1. The highest BCUT2D eigenvalue weighted by molar-refractivity contribution is 6.17. The molecule has 0 fully saturated rings. The third-order valence-electron chi connectivity index (χ3n) is 6.10. The second-order valence-corrected chi connectivity index (χ2v) is 8.29. The third kappa shape index (κ3) is 3.29. The first kappa shape index (κ1) is 19.5. The maximum absolute atomic E-state index is 9.07. The van der Waals surface area contributed by atoms with Gasteiger partial charge in [0.25, 0.3) is 0 Å². The van der Waals surface area contributed by atoms with Crippen LogP contribution in [0, 0.1) is 0 Å². The predicted octanol–water partition coefficient (Wildman–Crippen LogP) is 6.37. The minimum atomic E-state index is -0.0211. The van der Waals surface area contributed by atoms with Crippen LogP contribution in [0.2, 0.25) is 0 Å². The van der Waals surface area contributed by atoms with Gasteiger partial charge in [-0.1, -0.05) is 68.4 Å². The Morgan fingerprint density at radius 3 is 2.16 bits per heavy atom. The van der Waals surface area contributed by atoms with Crippen LogP contribution in [0.25, 0.3) is 11.1 Å². The van der Waals surface area contributed by atoms with Crippen LogP contribution in [0.4, 0.5) is 17.1 Å². The van der Waals surface area contributed by atoms with E-state index in [1.165, 1.54) is 22.3 Å². The topological polar surface area (TPSA) is 32.7 Å². The number of rotatable bonds is 5. The molecule has 0 unspecified atom stereocenters. The first-order chi connectivity index (χ1) is 15.1. The Balaban J connectivity index is 1.69. The third-order valence-corrected chi connectivity index (χ3v) is 6.10. The summed E-state index contributed by atoms with van der Waals surface area (Å²) in [5, 5.41) is 9.07. The molecular weight excluding hydrogens is 381 g/mol. The first-order valence-corrected chi connectivity index (χ1v) is 10.4. The highest BCUT2D eigenvalue weighted by atomic mass is 16.5. The number of hydrogen-bond donors (Lipinski definition) is 1. The van der Waals surface area contributed by atoms with Crippen molar-refractivity contribution in [1.29, 1.82) is 0 Å². The number of anilines is 3. The van der Waals surface area contributed by atoms with E-state index in [0.717, 1.165) is 17.1 Å². The molecular formula is C27H23BNO2. The summed E-state index contributed by atoms with van der Waals surface area (Å²) < 4.78 is 5.22. The van der Waals surface area contributed by atoms with Gasteiger partial charge in [0, 0.05) is 28.5 Å². The van der Waals surface area contributed by atoms with E-state index in [4.69, 9.17) is 9.68 Å². The van der Waals surface area contributed by atoms with Crippen molar-refractivity contribution < 1.29 is 9.68 Å². The highest BCUT2D eigenvalue weighted by Crippen LogP contribution is 2.50. The average molecular weight is 404 g/mol. The molecule has 0 heterocycles. The van der Waals surface area contributed by atoms with Crippen molar-refractivity contribution in [3.05, 3.63) is 108 Å². The zero-order valence-electron chi connectivity index (χ0n) is 17.6. The van der Waals surface area contributed by atoms with E-state index in [1.54, 1.807) is 0 Å². The molecule has 0 aliphatic heterocycles. The molecule has 1 N–H and O–H groups in total. The van der Waals surface area contributed by atoms with E-state index in [-0.39, 0.29) is 5.41 Å². The summed E-state index contributed by atoms with van der Waals surface area (Å²) in [6.07, 6.45) is 0. The van der Waals surface area contributed by atoms with Gasteiger partial charge in [-0.25, -0.2) is 0 Å². The molecule has 4 heteroatoms. The van der Waals surface area contributed by atoms with Crippen molar-refractivity contribution in [2.45, 2.75) is 19.3 Å². The molecule has 0 saturated carbocycles. The fourth-order valence-corrected chi connectivity index (χ4v) is 4.63. The minimum absolute atomic E-state index is 0.0211. The summed E-state index contributed by atoms with van der Waals surface area (Å²) in [4.78, 5) is 2.21. The van der Waals surface area contributed by atoms with E-state index in [0.29, 0.717) is 13.4 Å². The Labute approximate surface area is 183 Å². The molecule has 5 rings (SSSR count). The highest BCUT2D eigenvalue weighted by Gasteiger charge is 2.35. The minimum Gasteiger partial charge on any atom is -0.537 e. The number of fused-ring (bicyclic) bond motifs is 3. The summed E-state index contributed by atoms with van der Waals surface area (Å²) >= 11 is 0. The van der Waals surface area contributed by atoms with E-state index >= 15 is 0 Å². The lowest BCUT2D eigenvalue weighted by Crippen LogP contribution is -2.15. The van der Waals surface area contributed by atoms with Gasteiger partial charge in [0.2, 0.25) is 0 Å². The fraction of sp³-hybridized carbons (Fsp3) is 0.111. The summed E-state index contributed by atoms with van der Waals surface area (Å²) in [6, 6.07) is 33.4. The van der Waals surface area contributed by atoms with Crippen LogP contribution >= 0.6 is 0 Å². The lowest BCUT2D eigenvalue weighted by Gasteiger charge is -2.27. The van der Waals surface area contributed by atoms with Gasteiger partial charge < -0.3 is 14.6 Å². The summed E-state index contributed by atoms with van der Waals surface area (Å²) in [7, 11) is 0.709. The van der Waals surface area contributed by atoms with Crippen LogP contribution in [0.3, 0.4) is 0 Å². The van der Waals surface area contributed by atoms with Gasteiger partial charge in [-0.15, -0.1) is 0 Å². The zero-order valence-corrected chi connectivity index (χ0v) is 17.6. The molecule has 1 aliphatic carbocycles. The van der Waals surface area contributed by atoms with E-state index in [9.17, 15) is 0 Å². The first-order valence-electron chi connectivity index (χ1n) is 10.4. The molecule has 31 heavy (non-hydrogen) atoms. The van der Waals surface area contributed by atoms with E-state index in [2.05, 4.69) is 73.3 Å². The molecule has 3 nitrogen and oxygen atoms in total. The second kappa shape index (κ2) is 7.64. The maximum atomic E-state index is 9.07. The SMILES string of the molecule is CC1(C)c2ccccc2-c2cc(N(c3ccccc3)c3cccc(O[B]O)c3)ccc21. The van der Waals surface area contributed by atoms with Gasteiger partial charge in [-0.2, -0.15) is 0 Å². The molecule has 0 amide bonds. The van der Waals surface area contributed by atoms with Gasteiger partial charge in [-0.3, -0.25) is 0 Å². The van der Waals surface area contributed by atoms with Crippen LogP contribution in [0.5, 0.6) is 5.75 Å². The quantitative estimate of drug-likeness (QED) is 0.393. The Morgan fingerprint density at radius 1 is 0.677 bits per heavy atom. The van der Waals surface area contributed by atoms with Crippen molar-refractivity contribution >= 4 is 24.7 Å². The monoisotopic (exact) mass is 404 g/mol. The number of benzene rings is 4. The van der Waals surface area contributed by atoms with Crippen LogP contribution < -0.4 is 9.55 Å². The molecule has 0 spiro atoms. The fourth-order valence-electron chi connectivity index (χ4n) is 4.63. The van der Waals surface area contributed by atoms with E-state index < -0.39 is 0 Å². The maximum Gasteiger partial charge on any atom is 0.569 e. The van der Waals surface area contributed by atoms with Gasteiger partial charge >= 0.3 is 7.69 Å². The zero-order chi connectivity index (χ0) is 21.4. The van der Waals surface area contributed by atoms with Crippen molar-refractivity contribution in [1.82, 2.24) is 0 Å². The molecule has 0 saturated heterocycles. The molecule has 1 aliphatic rings. The van der Waals surface area contributed by atoms with Crippen LogP contribution in [-0.4, -0.2) is 12.7 Å². The summed E-state index contributed by atoms with van der Waals surface area (Å²) in [5.74, 6) is 0.577. The normalized spacial score (nSPS) is 13.3. The average Bonchev–Trinajstić information content (AvgIpc) is 3.02. The summed E-state index contributed by atoms with van der Waals surface area (Å²) in [6.45, 7) is 4.58.